The van der Waals surface area contributed by atoms with Crippen molar-refractivity contribution in [3.63, 3.8) is 0 Å². The van der Waals surface area contributed by atoms with Crippen LogP contribution in [0.25, 0.3) is 0 Å². The number of benzene rings is 1. The molecule has 0 aromatic heterocycles. The molecule has 0 spiro atoms. The van der Waals surface area contributed by atoms with Crippen LogP contribution < -0.4 is 5.32 Å². The third-order valence-electron chi connectivity index (χ3n) is 3.78. The lowest BCUT2D eigenvalue weighted by molar-refractivity contribution is 0.321. The Morgan fingerprint density at radius 3 is 2.78 bits per heavy atom. The molecule has 2 unspecified atom stereocenters. The second-order valence-electron chi connectivity index (χ2n) is 5.12. The smallest absolute Gasteiger partial charge is 0.126 e. The van der Waals surface area contributed by atoms with Crippen molar-refractivity contribution in [2.75, 3.05) is 6.54 Å². The standard InChI is InChI=1S/C15H21F2N/c1-2-9-18-15-6-4-3-5-12(15)13-10-11(16)7-8-14(13)17/h7-8,10,12,15,18H,2-6,9H2,1H3. The zero-order valence-electron chi connectivity index (χ0n) is 10.9. The second-order valence-corrected chi connectivity index (χ2v) is 5.12. The van der Waals surface area contributed by atoms with Crippen molar-refractivity contribution in [2.45, 2.75) is 51.0 Å². The Kier molecular flexibility index (Phi) is 4.70. The fourth-order valence-electron chi connectivity index (χ4n) is 2.88. The lowest BCUT2D eigenvalue weighted by Crippen LogP contribution is -2.38. The van der Waals surface area contributed by atoms with Gasteiger partial charge in [-0.2, -0.15) is 0 Å². The van der Waals surface area contributed by atoms with Crippen LogP contribution in [-0.4, -0.2) is 12.6 Å². The molecular formula is C15H21F2N. The van der Waals surface area contributed by atoms with Crippen LogP contribution in [0, 0.1) is 11.6 Å². The summed E-state index contributed by atoms with van der Waals surface area (Å²) in [4.78, 5) is 0. The molecule has 18 heavy (non-hydrogen) atoms. The molecule has 2 atom stereocenters. The van der Waals surface area contributed by atoms with Crippen LogP contribution in [0.4, 0.5) is 8.78 Å². The molecule has 0 heterocycles. The first-order valence-corrected chi connectivity index (χ1v) is 6.90. The van der Waals surface area contributed by atoms with Gasteiger partial charge in [0.1, 0.15) is 11.6 Å². The van der Waals surface area contributed by atoms with Crippen molar-refractivity contribution >= 4 is 0 Å². The molecule has 1 aliphatic carbocycles. The minimum absolute atomic E-state index is 0.112. The average Bonchev–Trinajstić information content (AvgIpc) is 2.39. The molecule has 1 aliphatic rings. The molecule has 0 radical (unpaired) electrons. The zero-order valence-corrected chi connectivity index (χ0v) is 10.9. The molecule has 3 heteroatoms. The van der Waals surface area contributed by atoms with Crippen molar-refractivity contribution in [1.29, 1.82) is 0 Å². The summed E-state index contributed by atoms with van der Waals surface area (Å²) in [7, 11) is 0. The average molecular weight is 253 g/mol. The SMILES string of the molecule is CCCNC1CCCCC1c1cc(F)ccc1F. The normalized spacial score (nSPS) is 24.2. The maximum absolute atomic E-state index is 13.9. The van der Waals surface area contributed by atoms with Gasteiger partial charge in [-0.3, -0.25) is 0 Å². The van der Waals surface area contributed by atoms with E-state index >= 15 is 0 Å². The molecule has 1 fully saturated rings. The van der Waals surface area contributed by atoms with E-state index in [9.17, 15) is 8.78 Å². The molecule has 1 N–H and O–H groups in total. The van der Waals surface area contributed by atoms with E-state index in [1.807, 2.05) is 0 Å². The first-order valence-electron chi connectivity index (χ1n) is 6.90. The van der Waals surface area contributed by atoms with E-state index < -0.39 is 0 Å². The fraction of sp³-hybridized carbons (Fsp3) is 0.600. The zero-order chi connectivity index (χ0) is 13.0. The van der Waals surface area contributed by atoms with Gasteiger partial charge in [0.25, 0.3) is 0 Å². The maximum Gasteiger partial charge on any atom is 0.126 e. The Morgan fingerprint density at radius 2 is 2.00 bits per heavy atom. The molecule has 100 valence electrons. The van der Waals surface area contributed by atoms with Gasteiger partial charge < -0.3 is 5.32 Å². The van der Waals surface area contributed by atoms with Crippen LogP contribution in [0.15, 0.2) is 18.2 Å². The summed E-state index contributed by atoms with van der Waals surface area (Å²) in [6, 6.07) is 4.09. The van der Waals surface area contributed by atoms with Crippen LogP contribution in [0.3, 0.4) is 0 Å². The van der Waals surface area contributed by atoms with Crippen molar-refractivity contribution in [2.24, 2.45) is 0 Å². The van der Waals surface area contributed by atoms with Gasteiger partial charge in [-0.05, 0) is 49.6 Å². The number of nitrogens with one attached hydrogen (secondary N) is 1. The van der Waals surface area contributed by atoms with Crippen LogP contribution in [0.1, 0.15) is 50.5 Å². The second kappa shape index (κ2) is 6.28. The highest BCUT2D eigenvalue weighted by molar-refractivity contribution is 5.25. The van der Waals surface area contributed by atoms with Gasteiger partial charge in [0.05, 0.1) is 0 Å². The van der Waals surface area contributed by atoms with Crippen LogP contribution >= 0.6 is 0 Å². The van der Waals surface area contributed by atoms with E-state index in [0.717, 1.165) is 32.2 Å². The first-order chi connectivity index (χ1) is 8.72. The quantitative estimate of drug-likeness (QED) is 0.855. The molecule has 1 aromatic rings. The van der Waals surface area contributed by atoms with E-state index in [2.05, 4.69) is 12.2 Å². The van der Waals surface area contributed by atoms with E-state index in [1.165, 1.54) is 24.6 Å². The van der Waals surface area contributed by atoms with Gasteiger partial charge in [0.15, 0.2) is 0 Å². The Bertz CT molecular complexity index is 392. The van der Waals surface area contributed by atoms with E-state index in [0.29, 0.717) is 5.56 Å². The van der Waals surface area contributed by atoms with Crippen molar-refractivity contribution in [1.82, 2.24) is 5.32 Å². The topological polar surface area (TPSA) is 12.0 Å². The summed E-state index contributed by atoms with van der Waals surface area (Å²) in [6.07, 6.45) is 5.34. The van der Waals surface area contributed by atoms with Crippen LogP contribution in [0.2, 0.25) is 0 Å². The molecule has 0 aliphatic heterocycles. The molecule has 1 saturated carbocycles. The minimum Gasteiger partial charge on any atom is -0.313 e. The van der Waals surface area contributed by atoms with Gasteiger partial charge in [0.2, 0.25) is 0 Å². The molecular weight excluding hydrogens is 232 g/mol. The summed E-state index contributed by atoms with van der Waals surface area (Å²) in [5, 5.41) is 3.48. The van der Waals surface area contributed by atoms with Crippen molar-refractivity contribution < 1.29 is 8.78 Å². The third kappa shape index (κ3) is 3.08. The molecule has 1 nitrogen and oxygen atoms in total. The molecule has 0 amide bonds. The molecule has 0 saturated heterocycles. The molecule has 2 rings (SSSR count). The fourth-order valence-corrected chi connectivity index (χ4v) is 2.88. The number of rotatable bonds is 4. The van der Waals surface area contributed by atoms with Crippen molar-refractivity contribution in [3.05, 3.63) is 35.4 Å². The molecule has 0 bridgehead atoms. The predicted molar refractivity (Wildman–Crippen MR) is 69.6 cm³/mol. The van der Waals surface area contributed by atoms with Gasteiger partial charge in [-0.25, -0.2) is 8.78 Å². The Balaban J connectivity index is 2.19. The van der Waals surface area contributed by atoms with E-state index in [1.54, 1.807) is 0 Å². The highest BCUT2D eigenvalue weighted by atomic mass is 19.1. The largest absolute Gasteiger partial charge is 0.313 e. The van der Waals surface area contributed by atoms with Gasteiger partial charge in [-0.15, -0.1) is 0 Å². The number of hydrogen-bond donors (Lipinski definition) is 1. The maximum atomic E-state index is 13.9. The Labute approximate surface area is 108 Å². The van der Waals surface area contributed by atoms with E-state index in [-0.39, 0.29) is 23.6 Å². The summed E-state index contributed by atoms with van der Waals surface area (Å²) >= 11 is 0. The summed E-state index contributed by atoms with van der Waals surface area (Å²) in [5.41, 5.74) is 0.545. The first kappa shape index (κ1) is 13.5. The van der Waals surface area contributed by atoms with Gasteiger partial charge in [0, 0.05) is 12.0 Å². The van der Waals surface area contributed by atoms with Crippen molar-refractivity contribution in [3.8, 4) is 0 Å². The van der Waals surface area contributed by atoms with Crippen LogP contribution in [-0.2, 0) is 0 Å². The highest BCUT2D eigenvalue weighted by Crippen LogP contribution is 2.34. The summed E-state index contributed by atoms with van der Waals surface area (Å²) < 4.78 is 27.1. The Morgan fingerprint density at radius 1 is 1.22 bits per heavy atom. The van der Waals surface area contributed by atoms with Gasteiger partial charge >= 0.3 is 0 Å². The predicted octanol–water partition coefficient (Wildman–Crippen LogP) is 3.99. The van der Waals surface area contributed by atoms with E-state index in [4.69, 9.17) is 0 Å². The number of hydrogen-bond acceptors (Lipinski definition) is 1. The minimum atomic E-state index is -0.341. The number of halogens is 2. The lowest BCUT2D eigenvalue weighted by Gasteiger charge is -2.33. The monoisotopic (exact) mass is 253 g/mol. The summed E-state index contributed by atoms with van der Waals surface area (Å²) in [6.45, 7) is 3.06. The summed E-state index contributed by atoms with van der Waals surface area (Å²) in [5.74, 6) is -0.501. The highest BCUT2D eigenvalue weighted by Gasteiger charge is 2.28. The van der Waals surface area contributed by atoms with Gasteiger partial charge in [-0.1, -0.05) is 19.8 Å². The van der Waals surface area contributed by atoms with Crippen LogP contribution in [0.5, 0.6) is 0 Å². The third-order valence-corrected chi connectivity index (χ3v) is 3.78. The lowest BCUT2D eigenvalue weighted by atomic mass is 9.79. The molecule has 1 aromatic carbocycles. The Hall–Kier alpha value is -0.960.